The van der Waals surface area contributed by atoms with Gasteiger partial charge in [-0.05, 0) is 26.0 Å². The van der Waals surface area contributed by atoms with Crippen LogP contribution in [-0.4, -0.2) is 31.6 Å². The van der Waals surface area contributed by atoms with Crippen LogP contribution in [0, 0.1) is 17.1 Å². The molecule has 1 heterocycles. The molecule has 1 aliphatic rings. The van der Waals surface area contributed by atoms with E-state index < -0.39 is 5.82 Å². The number of hydrogen-bond acceptors (Lipinski definition) is 4. The van der Waals surface area contributed by atoms with Gasteiger partial charge in [-0.15, -0.1) is 0 Å². The van der Waals surface area contributed by atoms with Crippen LogP contribution in [0.3, 0.4) is 0 Å². The van der Waals surface area contributed by atoms with Crippen LogP contribution in [-0.2, 0) is 4.74 Å². The van der Waals surface area contributed by atoms with Crippen molar-refractivity contribution in [3.8, 4) is 6.07 Å². The molecule has 0 radical (unpaired) electrons. The normalized spacial score (nSPS) is 22.9. The van der Waals surface area contributed by atoms with Gasteiger partial charge in [-0.2, -0.15) is 5.26 Å². The van der Waals surface area contributed by atoms with Crippen LogP contribution in [0.5, 0.6) is 0 Å². The molecule has 4 nitrogen and oxygen atoms in total. The van der Waals surface area contributed by atoms with Crippen molar-refractivity contribution in [2.24, 2.45) is 0 Å². The van der Waals surface area contributed by atoms with Crippen LogP contribution < -0.4 is 4.90 Å². The van der Waals surface area contributed by atoms with Crippen molar-refractivity contribution in [3.05, 3.63) is 29.1 Å². The van der Waals surface area contributed by atoms with Crippen LogP contribution in [0.4, 0.5) is 10.1 Å². The van der Waals surface area contributed by atoms with Gasteiger partial charge in [0.2, 0.25) is 0 Å². The number of nitriles is 1. The minimum absolute atomic E-state index is 0.0294. The summed E-state index contributed by atoms with van der Waals surface area (Å²) in [7, 11) is 0. The van der Waals surface area contributed by atoms with Crippen LogP contribution in [0.2, 0.25) is 0 Å². The Balaban J connectivity index is 2.44. The topological polar surface area (TPSA) is 53.3 Å². The first kappa shape index (κ1) is 13.5. The predicted octanol–water partition coefficient (Wildman–Crippen LogP) is 2.12. The molecule has 1 aromatic carbocycles. The van der Waals surface area contributed by atoms with Gasteiger partial charge in [-0.25, -0.2) is 4.39 Å². The van der Waals surface area contributed by atoms with Crippen LogP contribution in [0.25, 0.3) is 0 Å². The minimum atomic E-state index is -0.539. The van der Waals surface area contributed by atoms with Crippen molar-refractivity contribution in [2.45, 2.75) is 26.1 Å². The quantitative estimate of drug-likeness (QED) is 0.766. The van der Waals surface area contributed by atoms with E-state index in [4.69, 9.17) is 10.00 Å². The summed E-state index contributed by atoms with van der Waals surface area (Å²) < 4.78 is 19.7. The van der Waals surface area contributed by atoms with E-state index in [-0.39, 0.29) is 29.0 Å². The van der Waals surface area contributed by atoms with Gasteiger partial charge in [-0.3, -0.25) is 4.79 Å². The van der Waals surface area contributed by atoms with E-state index in [0.29, 0.717) is 19.4 Å². The van der Waals surface area contributed by atoms with E-state index in [0.717, 1.165) is 6.07 Å². The van der Waals surface area contributed by atoms with Gasteiger partial charge >= 0.3 is 0 Å². The lowest BCUT2D eigenvalue weighted by Gasteiger charge is -2.37. The third-order valence-electron chi connectivity index (χ3n) is 3.08. The van der Waals surface area contributed by atoms with Crippen molar-refractivity contribution in [2.75, 3.05) is 18.0 Å². The molecule has 1 aromatic rings. The Morgan fingerprint density at radius 2 is 2.05 bits per heavy atom. The molecular weight excluding hydrogens is 247 g/mol. The number of morpholine rings is 1. The average Bonchev–Trinajstić information content (AvgIpc) is 2.36. The van der Waals surface area contributed by atoms with Gasteiger partial charge in [0.15, 0.2) is 6.29 Å². The molecule has 0 N–H and O–H groups in total. The molecule has 0 aliphatic carbocycles. The highest BCUT2D eigenvalue weighted by atomic mass is 19.1. The Bertz CT molecular complexity index is 529. The summed E-state index contributed by atoms with van der Waals surface area (Å²) in [6.45, 7) is 4.86. The molecule has 2 rings (SSSR count). The maximum Gasteiger partial charge on any atom is 0.152 e. The van der Waals surface area contributed by atoms with Crippen molar-refractivity contribution < 1.29 is 13.9 Å². The molecule has 1 saturated heterocycles. The molecular formula is C14H15FN2O2. The highest BCUT2D eigenvalue weighted by Crippen LogP contribution is 2.28. The molecule has 5 heteroatoms. The molecule has 0 bridgehead atoms. The lowest BCUT2D eigenvalue weighted by Crippen LogP contribution is -2.46. The van der Waals surface area contributed by atoms with Crippen molar-refractivity contribution >= 4 is 12.0 Å². The number of carbonyl (C=O) groups excluding carboxylic acids is 1. The predicted molar refractivity (Wildman–Crippen MR) is 68.7 cm³/mol. The second-order valence-corrected chi connectivity index (χ2v) is 4.79. The maximum atomic E-state index is 14.1. The maximum absolute atomic E-state index is 14.1. The number of halogens is 1. The molecule has 2 unspecified atom stereocenters. The van der Waals surface area contributed by atoms with E-state index >= 15 is 0 Å². The summed E-state index contributed by atoms with van der Waals surface area (Å²) in [6, 6.07) is 4.42. The lowest BCUT2D eigenvalue weighted by atomic mass is 10.1. The van der Waals surface area contributed by atoms with E-state index in [1.54, 1.807) is 4.90 Å². The Kier molecular flexibility index (Phi) is 3.82. The first-order valence-electron chi connectivity index (χ1n) is 6.14. The summed E-state index contributed by atoms with van der Waals surface area (Å²) in [5.74, 6) is -0.539. The number of rotatable bonds is 2. The third kappa shape index (κ3) is 2.74. The summed E-state index contributed by atoms with van der Waals surface area (Å²) in [6.07, 6.45) is 0.529. The first-order valence-corrected chi connectivity index (χ1v) is 6.14. The fourth-order valence-corrected chi connectivity index (χ4v) is 2.47. The van der Waals surface area contributed by atoms with E-state index in [2.05, 4.69) is 0 Å². The smallest absolute Gasteiger partial charge is 0.152 e. The highest BCUT2D eigenvalue weighted by molar-refractivity contribution is 5.85. The Labute approximate surface area is 111 Å². The van der Waals surface area contributed by atoms with Crippen LogP contribution in [0.1, 0.15) is 29.8 Å². The number of carbonyl (C=O) groups is 1. The molecule has 1 aliphatic heterocycles. The summed E-state index contributed by atoms with van der Waals surface area (Å²) >= 11 is 0. The molecule has 0 saturated carbocycles. The fraction of sp³-hybridized carbons (Fsp3) is 0.429. The Hall–Kier alpha value is -1.93. The van der Waals surface area contributed by atoms with E-state index in [1.165, 1.54) is 6.07 Å². The second kappa shape index (κ2) is 5.37. The lowest BCUT2D eigenvalue weighted by molar-refractivity contribution is -0.00543. The molecule has 100 valence electrons. The zero-order valence-electron chi connectivity index (χ0n) is 10.9. The summed E-state index contributed by atoms with van der Waals surface area (Å²) in [5.41, 5.74) is 0.617. The molecule has 2 atom stereocenters. The highest BCUT2D eigenvalue weighted by Gasteiger charge is 2.26. The Morgan fingerprint density at radius 1 is 1.42 bits per heavy atom. The van der Waals surface area contributed by atoms with Crippen molar-refractivity contribution in [1.29, 1.82) is 5.26 Å². The SMILES string of the molecule is CC1CN(c2c(F)cc(C#N)cc2C=O)CC(C)O1. The number of hydrogen-bond donors (Lipinski definition) is 0. The standard InChI is InChI=1S/C14H15FN2O2/c1-9-6-17(7-10(2)19-9)14-12(8-18)3-11(5-16)4-13(14)15/h3-4,8-10H,6-7H2,1-2H3. The molecule has 0 spiro atoms. The van der Waals surface area contributed by atoms with Crippen molar-refractivity contribution in [1.82, 2.24) is 0 Å². The number of nitrogens with zero attached hydrogens (tertiary/aromatic N) is 2. The average molecular weight is 262 g/mol. The number of ether oxygens (including phenoxy) is 1. The zero-order valence-corrected chi connectivity index (χ0v) is 10.9. The van der Waals surface area contributed by atoms with Gasteiger partial charge in [0.25, 0.3) is 0 Å². The fourth-order valence-electron chi connectivity index (χ4n) is 2.47. The minimum Gasteiger partial charge on any atom is -0.372 e. The van der Waals surface area contributed by atoms with Crippen LogP contribution in [0.15, 0.2) is 12.1 Å². The number of anilines is 1. The molecule has 19 heavy (non-hydrogen) atoms. The number of benzene rings is 1. The summed E-state index contributed by atoms with van der Waals surface area (Å²) in [4.78, 5) is 12.9. The second-order valence-electron chi connectivity index (χ2n) is 4.79. The Morgan fingerprint density at radius 3 is 2.58 bits per heavy atom. The van der Waals surface area contributed by atoms with E-state index in [1.807, 2.05) is 19.9 Å². The van der Waals surface area contributed by atoms with Gasteiger partial charge in [0.05, 0.1) is 29.5 Å². The third-order valence-corrected chi connectivity index (χ3v) is 3.08. The van der Waals surface area contributed by atoms with Gasteiger partial charge in [0.1, 0.15) is 5.82 Å². The van der Waals surface area contributed by atoms with E-state index in [9.17, 15) is 9.18 Å². The van der Waals surface area contributed by atoms with Gasteiger partial charge in [0, 0.05) is 18.7 Å². The molecule has 1 fully saturated rings. The van der Waals surface area contributed by atoms with Crippen LogP contribution >= 0.6 is 0 Å². The first-order chi connectivity index (χ1) is 9.05. The largest absolute Gasteiger partial charge is 0.372 e. The molecule has 0 aromatic heterocycles. The van der Waals surface area contributed by atoms with Crippen molar-refractivity contribution in [3.63, 3.8) is 0 Å². The molecule has 0 amide bonds. The monoisotopic (exact) mass is 262 g/mol. The van der Waals surface area contributed by atoms with Gasteiger partial charge in [-0.1, -0.05) is 0 Å². The van der Waals surface area contributed by atoms with Gasteiger partial charge < -0.3 is 9.64 Å². The summed E-state index contributed by atoms with van der Waals surface area (Å²) in [5, 5.41) is 8.80. The number of aldehydes is 1. The zero-order chi connectivity index (χ0) is 14.0.